The number of pyridine rings is 1. The Morgan fingerprint density at radius 1 is 1.10 bits per heavy atom. The zero-order valence-electron chi connectivity index (χ0n) is 16.5. The van der Waals surface area contributed by atoms with E-state index in [9.17, 15) is 9.59 Å². The molecule has 0 aliphatic rings. The number of carbonyl (C=O) groups excluding carboxylic acids is 2. The fourth-order valence-corrected chi connectivity index (χ4v) is 3.23. The maximum absolute atomic E-state index is 12.5. The topological polar surface area (TPSA) is 98.1 Å². The lowest BCUT2D eigenvalue weighted by molar-refractivity contribution is 0.0524. The summed E-state index contributed by atoms with van der Waals surface area (Å²) in [4.78, 5) is 29.1. The third kappa shape index (κ3) is 4.39. The summed E-state index contributed by atoms with van der Waals surface area (Å²) in [5.74, 6) is -0.112. The highest BCUT2D eigenvalue weighted by molar-refractivity contribution is 6.44. The fraction of sp³-hybridized carbons (Fsp3) is 0.200. The van der Waals surface area contributed by atoms with Gasteiger partial charge in [0.05, 0.1) is 39.4 Å². The summed E-state index contributed by atoms with van der Waals surface area (Å²) in [5.41, 5.74) is 2.16. The van der Waals surface area contributed by atoms with Gasteiger partial charge in [0, 0.05) is 6.20 Å². The summed E-state index contributed by atoms with van der Waals surface area (Å²) in [6, 6.07) is 7.72. The Bertz CT molecular complexity index is 1110. The van der Waals surface area contributed by atoms with Crippen LogP contribution in [0, 0.1) is 13.8 Å². The average molecular weight is 448 g/mol. The summed E-state index contributed by atoms with van der Waals surface area (Å²) in [7, 11) is 0. The molecule has 10 heteroatoms. The van der Waals surface area contributed by atoms with E-state index in [-0.39, 0.29) is 11.6 Å². The minimum atomic E-state index is -0.541. The van der Waals surface area contributed by atoms with Crippen LogP contribution >= 0.6 is 23.2 Å². The molecule has 3 rings (SSSR count). The maximum Gasteiger partial charge on any atom is 0.341 e. The van der Waals surface area contributed by atoms with E-state index in [1.54, 1.807) is 57.3 Å². The van der Waals surface area contributed by atoms with Gasteiger partial charge in [0.1, 0.15) is 5.56 Å². The molecule has 2 amide bonds. The van der Waals surface area contributed by atoms with E-state index < -0.39 is 12.0 Å². The van der Waals surface area contributed by atoms with Crippen LogP contribution in [0.5, 0.6) is 0 Å². The molecule has 0 bridgehead atoms. The number of aromatic nitrogens is 3. The van der Waals surface area contributed by atoms with Crippen molar-refractivity contribution < 1.29 is 14.3 Å². The molecule has 0 spiro atoms. The fourth-order valence-electron chi connectivity index (χ4n) is 2.89. The van der Waals surface area contributed by atoms with E-state index in [4.69, 9.17) is 27.9 Å². The first-order valence-electron chi connectivity index (χ1n) is 9.04. The molecule has 0 saturated heterocycles. The van der Waals surface area contributed by atoms with Crippen molar-refractivity contribution in [1.29, 1.82) is 0 Å². The highest BCUT2D eigenvalue weighted by Crippen LogP contribution is 2.30. The lowest BCUT2D eigenvalue weighted by atomic mass is 10.2. The number of ether oxygens (including phenoxy) is 1. The highest BCUT2D eigenvalue weighted by atomic mass is 35.5. The molecule has 0 fully saturated rings. The van der Waals surface area contributed by atoms with Crippen LogP contribution < -0.4 is 10.6 Å². The van der Waals surface area contributed by atoms with Crippen LogP contribution in [0.1, 0.15) is 28.7 Å². The molecule has 2 N–H and O–H groups in total. The Morgan fingerprint density at radius 3 is 2.53 bits per heavy atom. The maximum atomic E-state index is 12.5. The predicted octanol–water partition coefficient (Wildman–Crippen LogP) is 5.01. The van der Waals surface area contributed by atoms with Crippen LogP contribution in [0.25, 0.3) is 5.82 Å². The summed E-state index contributed by atoms with van der Waals surface area (Å²) in [5, 5.41) is 10.3. The molecule has 0 unspecified atom stereocenters. The van der Waals surface area contributed by atoms with Crippen LogP contribution in [0.3, 0.4) is 0 Å². The van der Waals surface area contributed by atoms with E-state index >= 15 is 0 Å². The van der Waals surface area contributed by atoms with Crippen molar-refractivity contribution in [1.82, 2.24) is 14.8 Å². The van der Waals surface area contributed by atoms with E-state index in [2.05, 4.69) is 20.7 Å². The molecule has 2 heterocycles. The summed E-state index contributed by atoms with van der Waals surface area (Å²) < 4.78 is 6.59. The number of anilines is 2. The Morgan fingerprint density at radius 2 is 1.80 bits per heavy atom. The molecule has 30 heavy (non-hydrogen) atoms. The second-order valence-corrected chi connectivity index (χ2v) is 7.02. The van der Waals surface area contributed by atoms with Gasteiger partial charge in [-0.25, -0.2) is 19.3 Å². The molecule has 3 aromatic rings. The molecule has 0 aliphatic carbocycles. The third-order valence-corrected chi connectivity index (χ3v) is 5.03. The van der Waals surface area contributed by atoms with Gasteiger partial charge in [-0.3, -0.25) is 0 Å². The molecule has 156 valence electrons. The molecule has 0 aliphatic heterocycles. The number of benzene rings is 1. The average Bonchev–Trinajstić information content (AvgIpc) is 3.00. The van der Waals surface area contributed by atoms with E-state index in [1.165, 1.54) is 4.68 Å². The minimum absolute atomic E-state index is 0.235. The number of amides is 2. The van der Waals surface area contributed by atoms with Gasteiger partial charge >= 0.3 is 12.0 Å². The van der Waals surface area contributed by atoms with E-state index in [1.807, 2.05) is 0 Å². The number of urea groups is 1. The number of halogens is 2. The Hall–Kier alpha value is -3.10. The Balaban J connectivity index is 1.90. The number of hydrogen-bond acceptors (Lipinski definition) is 5. The second-order valence-electron chi connectivity index (χ2n) is 6.23. The van der Waals surface area contributed by atoms with Crippen molar-refractivity contribution in [3.8, 4) is 5.82 Å². The van der Waals surface area contributed by atoms with Crippen molar-refractivity contribution in [3.05, 3.63) is 63.5 Å². The lowest BCUT2D eigenvalue weighted by Gasteiger charge is -2.13. The Labute approximate surface area is 183 Å². The quantitative estimate of drug-likeness (QED) is 0.535. The number of rotatable bonds is 5. The molecule has 2 aromatic heterocycles. The zero-order chi connectivity index (χ0) is 21.8. The normalized spacial score (nSPS) is 10.6. The van der Waals surface area contributed by atoms with Gasteiger partial charge < -0.3 is 15.4 Å². The van der Waals surface area contributed by atoms with Crippen molar-refractivity contribution in [2.75, 3.05) is 17.2 Å². The molecule has 8 nitrogen and oxygen atoms in total. The first-order chi connectivity index (χ1) is 14.3. The van der Waals surface area contributed by atoms with Gasteiger partial charge in [0.15, 0.2) is 5.82 Å². The zero-order valence-corrected chi connectivity index (χ0v) is 18.0. The van der Waals surface area contributed by atoms with Crippen molar-refractivity contribution in [2.24, 2.45) is 0 Å². The van der Waals surface area contributed by atoms with Crippen molar-refractivity contribution in [3.63, 3.8) is 0 Å². The van der Waals surface area contributed by atoms with Crippen molar-refractivity contribution in [2.45, 2.75) is 20.8 Å². The van der Waals surface area contributed by atoms with Crippen LogP contribution in [-0.4, -0.2) is 33.4 Å². The number of nitrogens with zero attached hydrogens (tertiary/aromatic N) is 3. The van der Waals surface area contributed by atoms with Crippen molar-refractivity contribution >= 4 is 46.6 Å². The molecule has 1 aromatic carbocycles. The van der Waals surface area contributed by atoms with Gasteiger partial charge in [0.2, 0.25) is 0 Å². The summed E-state index contributed by atoms with van der Waals surface area (Å²) in [6.45, 7) is 5.43. The third-order valence-electron chi connectivity index (χ3n) is 4.21. The van der Waals surface area contributed by atoms with E-state index in [0.29, 0.717) is 39.2 Å². The van der Waals surface area contributed by atoms with Crippen LogP contribution in [0.4, 0.5) is 16.2 Å². The second kappa shape index (κ2) is 9.15. The largest absolute Gasteiger partial charge is 0.462 e. The molecular formula is C20H19Cl2N5O3. The highest BCUT2D eigenvalue weighted by Gasteiger charge is 2.22. The van der Waals surface area contributed by atoms with Crippen LogP contribution in [-0.2, 0) is 4.74 Å². The predicted molar refractivity (Wildman–Crippen MR) is 116 cm³/mol. The number of hydrogen-bond donors (Lipinski definition) is 2. The van der Waals surface area contributed by atoms with Gasteiger partial charge in [-0.1, -0.05) is 29.3 Å². The SMILES string of the molecule is CCOC(=O)c1c(C)nn(-c2ncccc2NC(=O)Nc2cccc(Cl)c2Cl)c1C. The molecule has 0 saturated carbocycles. The first-order valence-corrected chi connectivity index (χ1v) is 9.79. The van der Waals surface area contributed by atoms with Crippen LogP contribution in [0.15, 0.2) is 36.5 Å². The molecule has 0 atom stereocenters. The molecule has 0 radical (unpaired) electrons. The lowest BCUT2D eigenvalue weighted by Crippen LogP contribution is -2.21. The van der Waals surface area contributed by atoms with Gasteiger partial charge in [-0.15, -0.1) is 0 Å². The number of nitrogens with one attached hydrogen (secondary N) is 2. The number of aryl methyl sites for hydroxylation is 1. The standard InChI is InChI=1S/C20H19Cl2N5O3/c1-4-30-19(28)16-11(2)26-27(12(16)3)18-15(9-6-10-23-18)25-20(29)24-14-8-5-7-13(21)17(14)22/h5-10H,4H2,1-3H3,(H2,24,25,29). The number of carbonyl (C=O) groups is 2. The van der Waals surface area contributed by atoms with Gasteiger partial charge in [-0.05, 0) is 45.0 Å². The summed E-state index contributed by atoms with van der Waals surface area (Å²) >= 11 is 12.1. The first kappa shape index (κ1) is 21.6. The monoisotopic (exact) mass is 447 g/mol. The van der Waals surface area contributed by atoms with E-state index in [0.717, 1.165) is 0 Å². The summed E-state index contributed by atoms with van der Waals surface area (Å²) in [6.07, 6.45) is 1.56. The number of esters is 1. The molecular weight excluding hydrogens is 429 g/mol. The smallest absolute Gasteiger partial charge is 0.341 e. The minimum Gasteiger partial charge on any atom is -0.462 e. The van der Waals surface area contributed by atoms with Crippen LogP contribution in [0.2, 0.25) is 10.0 Å². The Kier molecular flexibility index (Phi) is 6.59. The van der Waals surface area contributed by atoms with Gasteiger partial charge in [0.25, 0.3) is 0 Å². The van der Waals surface area contributed by atoms with Gasteiger partial charge in [-0.2, -0.15) is 5.10 Å².